The summed E-state index contributed by atoms with van der Waals surface area (Å²) in [5, 5.41) is 0. The molecule has 0 amide bonds. The number of rotatable bonds is 0. The van der Waals surface area contributed by atoms with Crippen molar-refractivity contribution in [3.05, 3.63) is 11.6 Å². The van der Waals surface area contributed by atoms with Crippen molar-refractivity contribution in [3.63, 3.8) is 0 Å². The van der Waals surface area contributed by atoms with Crippen LogP contribution in [0.4, 0.5) is 0 Å². The summed E-state index contributed by atoms with van der Waals surface area (Å²) in [5.74, 6) is 3.70. The zero-order valence-corrected chi connectivity index (χ0v) is 12.4. The molecular formula is C18H24O2. The van der Waals surface area contributed by atoms with E-state index in [-0.39, 0.29) is 5.41 Å². The van der Waals surface area contributed by atoms with E-state index in [1.165, 1.54) is 12.0 Å². The summed E-state index contributed by atoms with van der Waals surface area (Å²) >= 11 is 0. The Hall–Kier alpha value is -0.920. The standard InChI is InChI=1S/C18H24O2/c1-18-9-8-14-13-5-3-12(19)10-11(13)2-4-15(14)16(18)6-7-17(18)20/h2,13-16H,3-10H2,1H3/t13?,14?,15?,16?,18-/m0/s1. The average molecular weight is 272 g/mol. The van der Waals surface area contributed by atoms with Gasteiger partial charge >= 0.3 is 0 Å². The maximum atomic E-state index is 12.3. The highest BCUT2D eigenvalue weighted by molar-refractivity contribution is 5.87. The number of carbonyl (C=O) groups is 2. The molecule has 4 unspecified atom stereocenters. The Morgan fingerprint density at radius 2 is 1.95 bits per heavy atom. The molecule has 0 N–H and O–H groups in total. The molecule has 4 aliphatic rings. The van der Waals surface area contributed by atoms with Crippen LogP contribution in [-0.2, 0) is 9.59 Å². The topological polar surface area (TPSA) is 34.1 Å². The molecule has 4 aliphatic carbocycles. The van der Waals surface area contributed by atoms with Gasteiger partial charge in [0.2, 0.25) is 0 Å². The monoisotopic (exact) mass is 272 g/mol. The van der Waals surface area contributed by atoms with Crippen molar-refractivity contribution in [3.8, 4) is 0 Å². The first kappa shape index (κ1) is 12.8. The van der Waals surface area contributed by atoms with E-state index in [9.17, 15) is 9.59 Å². The van der Waals surface area contributed by atoms with Gasteiger partial charge in [0.1, 0.15) is 11.6 Å². The molecule has 4 rings (SSSR count). The molecule has 3 saturated carbocycles. The van der Waals surface area contributed by atoms with E-state index < -0.39 is 0 Å². The lowest BCUT2D eigenvalue weighted by molar-refractivity contribution is -0.130. The van der Waals surface area contributed by atoms with Crippen molar-refractivity contribution in [2.75, 3.05) is 0 Å². The fourth-order valence-corrected chi connectivity index (χ4v) is 5.88. The molecule has 0 aromatic heterocycles. The van der Waals surface area contributed by atoms with Crippen molar-refractivity contribution < 1.29 is 9.59 Å². The predicted octanol–water partition coefficient (Wildman–Crippen LogP) is 3.70. The molecular weight excluding hydrogens is 248 g/mol. The normalized spacial score (nSPS) is 47.4. The van der Waals surface area contributed by atoms with Crippen LogP contribution in [0.5, 0.6) is 0 Å². The molecule has 2 nitrogen and oxygen atoms in total. The zero-order chi connectivity index (χ0) is 13.9. The van der Waals surface area contributed by atoms with E-state index in [0.717, 1.165) is 50.9 Å². The second kappa shape index (κ2) is 4.29. The van der Waals surface area contributed by atoms with Gasteiger partial charge in [-0.3, -0.25) is 9.59 Å². The van der Waals surface area contributed by atoms with E-state index in [0.29, 0.717) is 29.3 Å². The van der Waals surface area contributed by atoms with Gasteiger partial charge in [-0.1, -0.05) is 18.6 Å². The first-order valence-electron chi connectivity index (χ1n) is 8.33. The molecule has 0 aliphatic heterocycles. The Kier molecular flexibility index (Phi) is 2.74. The number of fused-ring (bicyclic) bond motifs is 5. The molecule has 0 aromatic carbocycles. The van der Waals surface area contributed by atoms with Crippen LogP contribution in [0.15, 0.2) is 11.6 Å². The lowest BCUT2D eigenvalue weighted by atomic mass is 9.53. The van der Waals surface area contributed by atoms with Crippen molar-refractivity contribution >= 4 is 11.6 Å². The SMILES string of the molecule is C[C@]12CCC3C4CCC(=O)CC4=CCC3C1CCC2=O. The van der Waals surface area contributed by atoms with Crippen LogP contribution in [0.25, 0.3) is 0 Å². The highest BCUT2D eigenvalue weighted by Gasteiger charge is 2.55. The summed E-state index contributed by atoms with van der Waals surface area (Å²) in [6, 6.07) is 0. The van der Waals surface area contributed by atoms with Gasteiger partial charge in [0.15, 0.2) is 0 Å². The van der Waals surface area contributed by atoms with Gasteiger partial charge in [-0.15, -0.1) is 0 Å². The predicted molar refractivity (Wildman–Crippen MR) is 77.1 cm³/mol. The molecule has 0 bridgehead atoms. The van der Waals surface area contributed by atoms with Crippen LogP contribution in [0.2, 0.25) is 0 Å². The molecule has 108 valence electrons. The summed E-state index contributed by atoms with van der Waals surface area (Å²) in [6.07, 6.45) is 10.3. The molecule has 20 heavy (non-hydrogen) atoms. The second-order valence-electron chi connectivity index (χ2n) is 7.73. The quantitative estimate of drug-likeness (QED) is 0.630. The summed E-state index contributed by atoms with van der Waals surface area (Å²) in [5.41, 5.74) is 1.42. The average Bonchev–Trinajstić information content (AvgIpc) is 2.74. The number of ketones is 2. The highest BCUT2D eigenvalue weighted by Crippen LogP contribution is 2.59. The van der Waals surface area contributed by atoms with Gasteiger partial charge < -0.3 is 0 Å². The van der Waals surface area contributed by atoms with Crippen molar-refractivity contribution in [2.45, 2.75) is 58.3 Å². The van der Waals surface area contributed by atoms with E-state index >= 15 is 0 Å². The first-order valence-corrected chi connectivity index (χ1v) is 8.33. The van der Waals surface area contributed by atoms with Gasteiger partial charge in [0.05, 0.1) is 0 Å². The minimum absolute atomic E-state index is 0.0169. The molecule has 0 heterocycles. The highest BCUT2D eigenvalue weighted by atomic mass is 16.1. The van der Waals surface area contributed by atoms with E-state index in [1.807, 2.05) is 0 Å². The molecule has 0 saturated heterocycles. The fraction of sp³-hybridized carbons (Fsp3) is 0.778. The Balaban J connectivity index is 1.65. The number of hydrogen-bond donors (Lipinski definition) is 0. The number of hydrogen-bond acceptors (Lipinski definition) is 2. The maximum absolute atomic E-state index is 12.3. The van der Waals surface area contributed by atoms with Crippen LogP contribution in [0.1, 0.15) is 58.3 Å². The molecule has 0 radical (unpaired) electrons. The Labute approximate surface area is 121 Å². The largest absolute Gasteiger partial charge is 0.299 e. The summed E-state index contributed by atoms with van der Waals surface area (Å²) < 4.78 is 0. The molecule has 0 aromatic rings. The molecule has 5 atom stereocenters. The van der Waals surface area contributed by atoms with Gasteiger partial charge in [-0.2, -0.15) is 0 Å². The second-order valence-corrected chi connectivity index (χ2v) is 7.73. The lowest BCUT2D eigenvalue weighted by Crippen LogP contribution is -2.46. The fourth-order valence-electron chi connectivity index (χ4n) is 5.88. The van der Waals surface area contributed by atoms with Gasteiger partial charge in [0, 0.05) is 24.7 Å². The third-order valence-electron chi connectivity index (χ3n) is 6.98. The Bertz CT molecular complexity index is 504. The number of Topliss-reactive ketones (excluding diaryl/α,β-unsaturated/α-hetero) is 2. The Morgan fingerprint density at radius 3 is 2.80 bits per heavy atom. The minimum atomic E-state index is -0.0169. The smallest absolute Gasteiger partial charge is 0.139 e. The first-order chi connectivity index (χ1) is 9.59. The third kappa shape index (κ3) is 1.63. The van der Waals surface area contributed by atoms with Gasteiger partial charge in [0.25, 0.3) is 0 Å². The lowest BCUT2D eigenvalue weighted by Gasteiger charge is -2.51. The minimum Gasteiger partial charge on any atom is -0.299 e. The van der Waals surface area contributed by atoms with E-state index in [1.54, 1.807) is 0 Å². The molecule has 3 fully saturated rings. The van der Waals surface area contributed by atoms with Crippen LogP contribution < -0.4 is 0 Å². The van der Waals surface area contributed by atoms with Gasteiger partial charge in [-0.05, 0) is 55.8 Å². The van der Waals surface area contributed by atoms with Crippen LogP contribution >= 0.6 is 0 Å². The van der Waals surface area contributed by atoms with Crippen LogP contribution in [-0.4, -0.2) is 11.6 Å². The third-order valence-corrected chi connectivity index (χ3v) is 6.98. The summed E-state index contributed by atoms with van der Waals surface area (Å²) in [6.45, 7) is 2.23. The van der Waals surface area contributed by atoms with Crippen molar-refractivity contribution in [2.24, 2.45) is 29.1 Å². The zero-order valence-electron chi connectivity index (χ0n) is 12.4. The molecule has 0 spiro atoms. The Morgan fingerprint density at radius 1 is 1.10 bits per heavy atom. The van der Waals surface area contributed by atoms with Crippen molar-refractivity contribution in [1.82, 2.24) is 0 Å². The van der Waals surface area contributed by atoms with Gasteiger partial charge in [-0.25, -0.2) is 0 Å². The number of carbonyl (C=O) groups excluding carboxylic acids is 2. The molecule has 2 heteroatoms. The maximum Gasteiger partial charge on any atom is 0.139 e. The van der Waals surface area contributed by atoms with E-state index in [2.05, 4.69) is 13.0 Å². The van der Waals surface area contributed by atoms with Crippen LogP contribution in [0.3, 0.4) is 0 Å². The van der Waals surface area contributed by atoms with E-state index in [4.69, 9.17) is 0 Å². The number of allylic oxidation sites excluding steroid dienone is 2. The summed E-state index contributed by atoms with van der Waals surface area (Å²) in [4.78, 5) is 23.9. The summed E-state index contributed by atoms with van der Waals surface area (Å²) in [7, 11) is 0. The van der Waals surface area contributed by atoms with Crippen LogP contribution in [0, 0.1) is 29.1 Å². The van der Waals surface area contributed by atoms with Crippen molar-refractivity contribution in [1.29, 1.82) is 0 Å².